The largest absolute Gasteiger partial charge is 0.491 e. The molecule has 2 aromatic heterocycles. The predicted octanol–water partition coefficient (Wildman–Crippen LogP) is 2.67. The van der Waals surface area contributed by atoms with E-state index in [0.717, 1.165) is 5.75 Å². The molecule has 10 nitrogen and oxygen atoms in total. The summed E-state index contributed by atoms with van der Waals surface area (Å²) in [6.07, 6.45) is 3.23. The van der Waals surface area contributed by atoms with Crippen molar-refractivity contribution in [2.45, 2.75) is 25.8 Å². The monoisotopic (exact) mass is 516 g/mol. The van der Waals surface area contributed by atoms with Crippen molar-refractivity contribution in [3.05, 3.63) is 27.1 Å². The number of carbonyl (C=O) groups excluding carboxylic acids is 2. The number of aryl methyl sites for hydroxylation is 1. The van der Waals surface area contributed by atoms with Crippen LogP contribution in [0, 0.1) is 6.92 Å². The molecule has 4 N–H and O–H groups in total. The topological polar surface area (TPSA) is 135 Å². The van der Waals surface area contributed by atoms with E-state index in [1.807, 2.05) is 11.2 Å². The van der Waals surface area contributed by atoms with Crippen molar-refractivity contribution in [1.82, 2.24) is 20.3 Å². The summed E-state index contributed by atoms with van der Waals surface area (Å²) in [5.41, 5.74) is 6.36. The molecule has 3 heterocycles. The quantitative estimate of drug-likeness (QED) is 0.432. The van der Waals surface area contributed by atoms with E-state index in [-0.39, 0.29) is 40.1 Å². The number of piperidine rings is 1. The van der Waals surface area contributed by atoms with Gasteiger partial charge in [0.15, 0.2) is 17.3 Å². The molecule has 1 aliphatic heterocycles. The van der Waals surface area contributed by atoms with Crippen LogP contribution in [0.1, 0.15) is 39.5 Å². The number of ether oxygens (including phenoxy) is 2. The molecule has 0 aromatic carbocycles. The van der Waals surface area contributed by atoms with Gasteiger partial charge in [-0.1, -0.05) is 23.2 Å². The fraction of sp³-hybridized carbons (Fsp3) is 0.500. The molecule has 0 radical (unpaired) electrons. The number of primary amides is 1. The van der Waals surface area contributed by atoms with Crippen LogP contribution in [0.4, 0.5) is 5.82 Å². The zero-order chi connectivity index (χ0) is 24.1. The lowest BCUT2D eigenvalue weighted by atomic mass is 10.0. The maximum absolute atomic E-state index is 12.6. The van der Waals surface area contributed by atoms with Crippen molar-refractivity contribution in [3.8, 4) is 11.8 Å². The van der Waals surface area contributed by atoms with Crippen LogP contribution in [0.25, 0.3) is 0 Å². The number of aromatic nitrogens is 3. The molecular formula is C20H26Cl2N6O4S. The van der Waals surface area contributed by atoms with Gasteiger partial charge in [0.05, 0.1) is 17.2 Å². The van der Waals surface area contributed by atoms with Gasteiger partial charge < -0.3 is 30.4 Å². The number of carbonyl (C=O) groups is 2. The van der Waals surface area contributed by atoms with Crippen LogP contribution in [0.3, 0.4) is 0 Å². The molecule has 2 amide bonds. The highest BCUT2D eigenvalue weighted by molar-refractivity contribution is 7.98. The summed E-state index contributed by atoms with van der Waals surface area (Å²) >= 11 is 13.8. The fourth-order valence-electron chi connectivity index (χ4n) is 3.49. The average Bonchev–Trinajstić information content (AvgIpc) is 3.06. The number of nitrogens with zero attached hydrogens (tertiary/aromatic N) is 3. The number of amides is 2. The molecule has 3 rings (SSSR count). The fourth-order valence-corrected chi connectivity index (χ4v) is 4.16. The van der Waals surface area contributed by atoms with Gasteiger partial charge in [-0.3, -0.25) is 9.59 Å². The van der Waals surface area contributed by atoms with Crippen LogP contribution in [0.2, 0.25) is 10.0 Å². The summed E-state index contributed by atoms with van der Waals surface area (Å²) in [7, 11) is 1.43. The van der Waals surface area contributed by atoms with Crippen LogP contribution < -0.4 is 25.4 Å². The summed E-state index contributed by atoms with van der Waals surface area (Å²) < 4.78 is 11.0. The molecule has 1 saturated heterocycles. The lowest BCUT2D eigenvalue weighted by Crippen LogP contribution is -2.45. The third kappa shape index (κ3) is 5.77. The Morgan fingerprint density at radius 3 is 2.52 bits per heavy atom. The van der Waals surface area contributed by atoms with E-state index in [0.29, 0.717) is 49.1 Å². The lowest BCUT2D eigenvalue weighted by molar-refractivity contribution is 0.0925. The number of nitrogens with two attached hydrogens (primary N) is 1. The molecule has 13 heteroatoms. The second-order valence-electron chi connectivity index (χ2n) is 7.40. The van der Waals surface area contributed by atoms with Gasteiger partial charge in [0.25, 0.3) is 11.8 Å². The number of H-pyrrole nitrogens is 1. The summed E-state index contributed by atoms with van der Waals surface area (Å²) in [6.45, 7) is 3.25. The van der Waals surface area contributed by atoms with Gasteiger partial charge >= 0.3 is 6.01 Å². The highest BCUT2D eigenvalue weighted by Gasteiger charge is 2.29. The van der Waals surface area contributed by atoms with Gasteiger partial charge in [-0.2, -0.15) is 21.7 Å². The number of aromatic amines is 1. The molecule has 0 saturated carbocycles. The van der Waals surface area contributed by atoms with Gasteiger partial charge in [0, 0.05) is 30.6 Å². The smallest absolute Gasteiger partial charge is 0.319 e. The normalized spacial score (nSPS) is 14.3. The molecule has 180 valence electrons. The third-order valence-electron chi connectivity index (χ3n) is 5.19. The van der Waals surface area contributed by atoms with Crippen molar-refractivity contribution in [2.24, 2.45) is 5.73 Å². The first-order valence-electron chi connectivity index (χ1n) is 10.2. The van der Waals surface area contributed by atoms with Gasteiger partial charge in [0.2, 0.25) is 0 Å². The SMILES string of the molecule is COc1c(C(N)=O)nc(OCCSC)nc1N1CCC(NC(=O)c2[nH]c(C)c(Cl)c2Cl)CC1. The number of thioether (sulfide) groups is 1. The van der Waals surface area contributed by atoms with Crippen molar-refractivity contribution in [1.29, 1.82) is 0 Å². The molecule has 0 atom stereocenters. The number of hydrogen-bond donors (Lipinski definition) is 3. The number of anilines is 1. The zero-order valence-electron chi connectivity index (χ0n) is 18.5. The molecule has 2 aromatic rings. The van der Waals surface area contributed by atoms with E-state index in [1.54, 1.807) is 18.7 Å². The summed E-state index contributed by atoms with van der Waals surface area (Å²) in [5.74, 6) is 0.334. The highest BCUT2D eigenvalue weighted by Crippen LogP contribution is 2.33. The Morgan fingerprint density at radius 2 is 1.97 bits per heavy atom. The summed E-state index contributed by atoms with van der Waals surface area (Å²) in [5, 5.41) is 3.54. The van der Waals surface area contributed by atoms with Gasteiger partial charge in [-0.25, -0.2) is 0 Å². The van der Waals surface area contributed by atoms with Crippen LogP contribution >= 0.6 is 35.0 Å². The van der Waals surface area contributed by atoms with E-state index in [9.17, 15) is 9.59 Å². The van der Waals surface area contributed by atoms with Crippen LogP contribution in [-0.4, -0.2) is 71.6 Å². The summed E-state index contributed by atoms with van der Waals surface area (Å²) in [6, 6.07) is -0.00866. The maximum Gasteiger partial charge on any atom is 0.319 e. The Bertz CT molecular complexity index is 1030. The van der Waals surface area contributed by atoms with E-state index in [4.69, 9.17) is 38.4 Å². The third-order valence-corrected chi connectivity index (χ3v) is 6.72. The highest BCUT2D eigenvalue weighted by atomic mass is 35.5. The van der Waals surface area contributed by atoms with Gasteiger partial charge in [0.1, 0.15) is 12.3 Å². The van der Waals surface area contributed by atoms with Crippen molar-refractivity contribution in [2.75, 3.05) is 43.7 Å². The van der Waals surface area contributed by atoms with E-state index >= 15 is 0 Å². The van der Waals surface area contributed by atoms with E-state index in [2.05, 4.69) is 20.3 Å². The van der Waals surface area contributed by atoms with E-state index in [1.165, 1.54) is 7.11 Å². The first-order chi connectivity index (χ1) is 15.8. The number of methoxy groups -OCH3 is 1. The Morgan fingerprint density at radius 1 is 1.27 bits per heavy atom. The molecule has 33 heavy (non-hydrogen) atoms. The average molecular weight is 517 g/mol. The minimum Gasteiger partial charge on any atom is -0.491 e. The van der Waals surface area contributed by atoms with Crippen molar-refractivity contribution in [3.63, 3.8) is 0 Å². The first kappa shape index (κ1) is 25.3. The Balaban J connectivity index is 1.73. The Hall–Kier alpha value is -2.37. The van der Waals surface area contributed by atoms with Gasteiger partial charge in [-0.15, -0.1) is 0 Å². The van der Waals surface area contributed by atoms with Gasteiger partial charge in [-0.05, 0) is 26.0 Å². The first-order valence-corrected chi connectivity index (χ1v) is 12.4. The van der Waals surface area contributed by atoms with E-state index < -0.39 is 5.91 Å². The number of halogens is 2. The van der Waals surface area contributed by atoms with Crippen LogP contribution in [0.5, 0.6) is 11.8 Å². The van der Waals surface area contributed by atoms with Crippen LogP contribution in [0.15, 0.2) is 0 Å². The summed E-state index contributed by atoms with van der Waals surface area (Å²) in [4.78, 5) is 38.1. The minimum atomic E-state index is -0.732. The van der Waals surface area contributed by atoms with Crippen molar-refractivity contribution >= 4 is 52.6 Å². The standard InChI is InChI=1S/C20H26Cl2N6O4S/c1-10-12(21)13(22)14(24-10)19(30)25-11-4-6-28(7-5-11)18-16(31-2)15(17(23)29)26-20(27-18)32-8-9-33-3/h11,24H,4-9H2,1-3H3,(H2,23,29)(H,25,30). The number of rotatable bonds is 9. The lowest BCUT2D eigenvalue weighted by Gasteiger charge is -2.34. The second kappa shape index (κ2) is 11.2. The molecule has 0 aliphatic carbocycles. The van der Waals surface area contributed by atoms with Crippen LogP contribution in [-0.2, 0) is 0 Å². The van der Waals surface area contributed by atoms with Crippen molar-refractivity contribution < 1.29 is 19.1 Å². The minimum absolute atomic E-state index is 0.0364. The Labute approximate surface area is 205 Å². The molecule has 1 aliphatic rings. The number of nitrogens with one attached hydrogen (secondary N) is 2. The number of hydrogen-bond acceptors (Lipinski definition) is 8. The molecule has 0 spiro atoms. The molecule has 0 unspecified atom stereocenters. The Kier molecular flexibility index (Phi) is 8.55. The molecule has 0 bridgehead atoms. The molecule has 1 fully saturated rings. The zero-order valence-corrected chi connectivity index (χ0v) is 20.9. The molecular weight excluding hydrogens is 491 g/mol. The predicted molar refractivity (Wildman–Crippen MR) is 129 cm³/mol. The maximum atomic E-state index is 12.6. The second-order valence-corrected chi connectivity index (χ2v) is 9.15.